The summed E-state index contributed by atoms with van der Waals surface area (Å²) in [6.45, 7) is 0.250. The largest absolute Gasteiger partial charge is 0.378 e. The topological polar surface area (TPSA) is 12.0 Å². The Hall–Kier alpha value is -1.42. The molecule has 0 aromatic heterocycles. The summed E-state index contributed by atoms with van der Waals surface area (Å²) < 4.78 is 27.5. The van der Waals surface area contributed by atoms with E-state index in [4.69, 9.17) is 0 Å². The van der Waals surface area contributed by atoms with Crippen molar-refractivity contribution in [2.45, 2.75) is 6.54 Å². The predicted molar refractivity (Wildman–Crippen MR) is 67.8 cm³/mol. The fourth-order valence-electron chi connectivity index (χ4n) is 1.46. The van der Waals surface area contributed by atoms with Crippen LogP contribution in [0.5, 0.6) is 0 Å². The molecule has 0 bridgehead atoms. The minimum atomic E-state index is -0.343. The molecule has 0 unspecified atom stereocenters. The van der Waals surface area contributed by atoms with Crippen LogP contribution in [0.25, 0.3) is 0 Å². The zero-order chi connectivity index (χ0) is 12.3. The van der Waals surface area contributed by atoms with Crippen LogP contribution in [0.3, 0.4) is 0 Å². The van der Waals surface area contributed by atoms with Crippen molar-refractivity contribution in [3.8, 4) is 0 Å². The molecule has 4 heteroatoms. The Kier molecular flexibility index (Phi) is 3.74. The number of nitrogens with one attached hydrogen (secondary N) is 1. The molecule has 0 aliphatic heterocycles. The monoisotopic (exact) mass is 297 g/mol. The molecule has 0 spiro atoms. The van der Waals surface area contributed by atoms with Gasteiger partial charge in [-0.05, 0) is 24.3 Å². The first-order valence-electron chi connectivity index (χ1n) is 5.09. The smallest absolute Gasteiger partial charge is 0.146 e. The normalized spacial score (nSPS) is 10.3. The van der Waals surface area contributed by atoms with Crippen molar-refractivity contribution >= 4 is 21.6 Å². The average molecular weight is 298 g/mol. The standard InChI is InChI=1S/C13H10BrF2N/c14-10-6-5-9(12(16)7-10)8-17-13-4-2-1-3-11(13)15/h1-7,17H,8H2. The van der Waals surface area contributed by atoms with Gasteiger partial charge in [0.25, 0.3) is 0 Å². The molecule has 88 valence electrons. The minimum absolute atomic E-state index is 0.250. The first-order chi connectivity index (χ1) is 8.16. The molecular formula is C13H10BrF2N. The van der Waals surface area contributed by atoms with E-state index in [0.717, 1.165) is 0 Å². The van der Waals surface area contributed by atoms with Crippen molar-refractivity contribution in [3.05, 3.63) is 64.1 Å². The lowest BCUT2D eigenvalue weighted by Gasteiger charge is -2.08. The van der Waals surface area contributed by atoms with Crippen LogP contribution in [0.15, 0.2) is 46.9 Å². The fourth-order valence-corrected chi connectivity index (χ4v) is 1.79. The maximum atomic E-state index is 13.5. The quantitative estimate of drug-likeness (QED) is 0.889. The van der Waals surface area contributed by atoms with Gasteiger partial charge in [0.2, 0.25) is 0 Å². The van der Waals surface area contributed by atoms with E-state index in [1.165, 1.54) is 12.1 Å². The highest BCUT2D eigenvalue weighted by molar-refractivity contribution is 9.10. The van der Waals surface area contributed by atoms with E-state index in [-0.39, 0.29) is 18.2 Å². The second-order valence-electron chi connectivity index (χ2n) is 3.57. The molecule has 0 aliphatic carbocycles. The summed E-state index contributed by atoms with van der Waals surface area (Å²) in [6.07, 6.45) is 0. The summed E-state index contributed by atoms with van der Waals surface area (Å²) in [7, 11) is 0. The van der Waals surface area contributed by atoms with E-state index in [0.29, 0.717) is 15.7 Å². The zero-order valence-electron chi connectivity index (χ0n) is 8.88. The molecule has 1 nitrogen and oxygen atoms in total. The molecule has 17 heavy (non-hydrogen) atoms. The maximum Gasteiger partial charge on any atom is 0.146 e. The molecule has 0 radical (unpaired) electrons. The van der Waals surface area contributed by atoms with Crippen molar-refractivity contribution in [1.82, 2.24) is 0 Å². The number of halogens is 3. The molecular weight excluding hydrogens is 288 g/mol. The molecule has 0 aliphatic rings. The fraction of sp³-hybridized carbons (Fsp3) is 0.0769. The molecule has 0 saturated carbocycles. The van der Waals surface area contributed by atoms with E-state index in [9.17, 15) is 8.78 Å². The Morgan fingerprint density at radius 1 is 1.00 bits per heavy atom. The van der Waals surface area contributed by atoms with Gasteiger partial charge in [-0.25, -0.2) is 8.78 Å². The lowest BCUT2D eigenvalue weighted by Crippen LogP contribution is -2.03. The summed E-state index contributed by atoms with van der Waals surface area (Å²) in [5, 5.41) is 2.86. The van der Waals surface area contributed by atoms with E-state index >= 15 is 0 Å². The number of hydrogen-bond acceptors (Lipinski definition) is 1. The molecule has 0 fully saturated rings. The van der Waals surface area contributed by atoms with Crippen molar-refractivity contribution in [3.63, 3.8) is 0 Å². The highest BCUT2D eigenvalue weighted by Gasteiger charge is 2.04. The number of benzene rings is 2. The van der Waals surface area contributed by atoms with Gasteiger partial charge in [-0.2, -0.15) is 0 Å². The van der Waals surface area contributed by atoms with Crippen LogP contribution >= 0.6 is 15.9 Å². The van der Waals surface area contributed by atoms with Gasteiger partial charge >= 0.3 is 0 Å². The number of anilines is 1. The lowest BCUT2D eigenvalue weighted by atomic mass is 10.2. The molecule has 0 heterocycles. The highest BCUT2D eigenvalue weighted by Crippen LogP contribution is 2.18. The van der Waals surface area contributed by atoms with Crippen LogP contribution < -0.4 is 5.32 Å². The van der Waals surface area contributed by atoms with E-state index < -0.39 is 0 Å². The van der Waals surface area contributed by atoms with Gasteiger partial charge in [0.05, 0.1) is 5.69 Å². The van der Waals surface area contributed by atoms with Gasteiger partial charge in [0, 0.05) is 16.6 Å². The number of rotatable bonds is 3. The van der Waals surface area contributed by atoms with Crippen molar-refractivity contribution < 1.29 is 8.78 Å². The van der Waals surface area contributed by atoms with Crippen molar-refractivity contribution in [2.75, 3.05) is 5.32 Å². The molecule has 0 atom stereocenters. The lowest BCUT2D eigenvalue weighted by molar-refractivity contribution is 0.609. The summed E-state index contributed by atoms with van der Waals surface area (Å²) in [4.78, 5) is 0. The predicted octanol–water partition coefficient (Wildman–Crippen LogP) is 4.34. The first-order valence-corrected chi connectivity index (χ1v) is 5.88. The second-order valence-corrected chi connectivity index (χ2v) is 4.48. The Balaban J connectivity index is 2.10. The summed E-state index contributed by atoms with van der Waals surface area (Å²) in [6, 6.07) is 11.1. The number of para-hydroxylation sites is 1. The van der Waals surface area contributed by atoms with E-state index in [1.807, 2.05) is 0 Å². The summed E-state index contributed by atoms with van der Waals surface area (Å²) in [5.74, 6) is -0.659. The Morgan fingerprint density at radius 2 is 1.76 bits per heavy atom. The van der Waals surface area contributed by atoms with Crippen LogP contribution in [0.2, 0.25) is 0 Å². The van der Waals surface area contributed by atoms with Gasteiger partial charge in [0.15, 0.2) is 0 Å². The molecule has 2 aromatic rings. The summed E-state index contributed by atoms with van der Waals surface area (Å²) >= 11 is 3.18. The van der Waals surface area contributed by atoms with Crippen LogP contribution in [0.4, 0.5) is 14.5 Å². The zero-order valence-corrected chi connectivity index (χ0v) is 10.5. The molecule has 1 N–H and O–H groups in total. The molecule has 2 rings (SSSR count). The van der Waals surface area contributed by atoms with Crippen LogP contribution in [-0.4, -0.2) is 0 Å². The van der Waals surface area contributed by atoms with Gasteiger partial charge in [-0.15, -0.1) is 0 Å². The van der Waals surface area contributed by atoms with E-state index in [2.05, 4.69) is 21.2 Å². The third-order valence-electron chi connectivity index (χ3n) is 2.36. The van der Waals surface area contributed by atoms with E-state index in [1.54, 1.807) is 30.3 Å². The van der Waals surface area contributed by atoms with Crippen LogP contribution in [0.1, 0.15) is 5.56 Å². The SMILES string of the molecule is Fc1cc(Br)ccc1CNc1ccccc1F. The van der Waals surface area contributed by atoms with Gasteiger partial charge in [0.1, 0.15) is 11.6 Å². The summed E-state index contributed by atoms with van der Waals surface area (Å²) in [5.41, 5.74) is 0.867. The third kappa shape index (κ3) is 3.03. The van der Waals surface area contributed by atoms with Crippen LogP contribution in [0, 0.1) is 11.6 Å². The van der Waals surface area contributed by atoms with Gasteiger partial charge < -0.3 is 5.32 Å². The van der Waals surface area contributed by atoms with Crippen LogP contribution in [-0.2, 0) is 6.54 Å². The first kappa shape index (κ1) is 12.0. The van der Waals surface area contributed by atoms with Crippen molar-refractivity contribution in [1.29, 1.82) is 0 Å². The van der Waals surface area contributed by atoms with Crippen molar-refractivity contribution in [2.24, 2.45) is 0 Å². The Labute approximate surface area is 107 Å². The Bertz CT molecular complexity index is 529. The maximum absolute atomic E-state index is 13.5. The Morgan fingerprint density at radius 3 is 2.47 bits per heavy atom. The third-order valence-corrected chi connectivity index (χ3v) is 2.85. The van der Waals surface area contributed by atoms with Gasteiger partial charge in [-0.1, -0.05) is 34.1 Å². The molecule has 0 amide bonds. The average Bonchev–Trinajstić information content (AvgIpc) is 2.30. The molecule has 2 aromatic carbocycles. The minimum Gasteiger partial charge on any atom is -0.378 e. The molecule has 0 saturated heterocycles. The second kappa shape index (κ2) is 5.27. The highest BCUT2D eigenvalue weighted by atomic mass is 79.9. The number of hydrogen-bond donors (Lipinski definition) is 1. The van der Waals surface area contributed by atoms with Gasteiger partial charge in [-0.3, -0.25) is 0 Å².